The molecule has 1 heterocycles. The van der Waals surface area contributed by atoms with Gasteiger partial charge in [0, 0.05) is 17.2 Å². The average molecular weight is 410 g/mol. The summed E-state index contributed by atoms with van der Waals surface area (Å²) in [7, 11) is 6.24. The number of benzene rings is 2. The molecule has 9 nitrogen and oxygen atoms in total. The number of nitrogens with one attached hydrogen (secondary N) is 2. The number of aromatic amines is 1. The molecular formula is C21H22N4O5. The average Bonchev–Trinajstić information content (AvgIpc) is 3.29. The third-order valence-corrected chi connectivity index (χ3v) is 4.31. The molecule has 3 aromatic rings. The van der Waals surface area contributed by atoms with Crippen LogP contribution in [0.15, 0.2) is 47.6 Å². The monoisotopic (exact) mass is 410 g/mol. The summed E-state index contributed by atoms with van der Waals surface area (Å²) in [5.41, 5.74) is 4.77. The lowest BCUT2D eigenvalue weighted by Crippen LogP contribution is -2.18. The number of hydrazone groups is 1. The smallest absolute Gasteiger partial charge is 0.289 e. The van der Waals surface area contributed by atoms with Gasteiger partial charge in [-0.05, 0) is 36.4 Å². The van der Waals surface area contributed by atoms with E-state index < -0.39 is 5.91 Å². The highest BCUT2D eigenvalue weighted by atomic mass is 16.5. The van der Waals surface area contributed by atoms with Gasteiger partial charge in [0.25, 0.3) is 5.91 Å². The summed E-state index contributed by atoms with van der Waals surface area (Å²) in [5.74, 6) is 1.98. The standard InChI is InChI=1S/C21H22N4O5/c1-27-15-7-5-14(19(10-15)29-3)12-22-25-21(26)17-11-16(23-24-17)13-6-8-18(28-2)20(9-13)30-4/h5-12H,1-4H3,(H,23,24)(H,25,26). The maximum absolute atomic E-state index is 12.4. The fourth-order valence-corrected chi connectivity index (χ4v) is 2.73. The minimum atomic E-state index is -0.432. The Morgan fingerprint density at radius 3 is 2.40 bits per heavy atom. The van der Waals surface area contributed by atoms with Crippen LogP contribution in [0.2, 0.25) is 0 Å². The van der Waals surface area contributed by atoms with Gasteiger partial charge in [0.15, 0.2) is 11.5 Å². The van der Waals surface area contributed by atoms with Crippen LogP contribution in [0, 0.1) is 0 Å². The zero-order valence-corrected chi connectivity index (χ0v) is 17.1. The Hall–Kier alpha value is -4.01. The summed E-state index contributed by atoms with van der Waals surface area (Å²) in [5, 5.41) is 10.9. The molecule has 0 aliphatic rings. The van der Waals surface area contributed by atoms with Crippen molar-refractivity contribution in [3.63, 3.8) is 0 Å². The number of ether oxygens (including phenoxy) is 4. The SMILES string of the molecule is COc1ccc(C=NNC(=O)c2cc(-c3ccc(OC)c(OC)c3)n[nH]2)c(OC)c1. The first-order valence-corrected chi connectivity index (χ1v) is 8.92. The number of methoxy groups -OCH3 is 4. The van der Waals surface area contributed by atoms with Crippen LogP contribution in [0.25, 0.3) is 11.3 Å². The molecule has 9 heteroatoms. The molecule has 1 amide bonds. The van der Waals surface area contributed by atoms with E-state index in [4.69, 9.17) is 18.9 Å². The minimum absolute atomic E-state index is 0.263. The quantitative estimate of drug-likeness (QED) is 0.437. The van der Waals surface area contributed by atoms with Crippen molar-refractivity contribution in [1.82, 2.24) is 15.6 Å². The van der Waals surface area contributed by atoms with Gasteiger partial charge in [0.05, 0.1) is 40.3 Å². The number of hydrogen-bond acceptors (Lipinski definition) is 7. The van der Waals surface area contributed by atoms with Gasteiger partial charge in [0.2, 0.25) is 0 Å². The molecule has 0 saturated carbocycles. The maximum Gasteiger partial charge on any atom is 0.289 e. The fourth-order valence-electron chi connectivity index (χ4n) is 2.73. The van der Waals surface area contributed by atoms with Crippen molar-refractivity contribution in [3.8, 4) is 34.3 Å². The highest BCUT2D eigenvalue weighted by Crippen LogP contribution is 2.31. The predicted molar refractivity (Wildman–Crippen MR) is 112 cm³/mol. The molecule has 30 heavy (non-hydrogen) atoms. The molecular weight excluding hydrogens is 388 g/mol. The number of amides is 1. The molecule has 0 fully saturated rings. The van der Waals surface area contributed by atoms with Gasteiger partial charge in [-0.15, -0.1) is 0 Å². The first-order valence-electron chi connectivity index (χ1n) is 8.92. The van der Waals surface area contributed by atoms with E-state index in [0.717, 1.165) is 5.56 Å². The van der Waals surface area contributed by atoms with E-state index in [1.165, 1.54) is 6.21 Å². The number of carbonyl (C=O) groups excluding carboxylic acids is 1. The van der Waals surface area contributed by atoms with E-state index in [9.17, 15) is 4.79 Å². The number of nitrogens with zero attached hydrogens (tertiary/aromatic N) is 2. The predicted octanol–water partition coefficient (Wildman–Crippen LogP) is 2.88. The van der Waals surface area contributed by atoms with Crippen molar-refractivity contribution in [1.29, 1.82) is 0 Å². The molecule has 0 unspecified atom stereocenters. The number of rotatable bonds is 8. The molecule has 0 saturated heterocycles. The summed E-state index contributed by atoms with van der Waals surface area (Å²) in [6.45, 7) is 0. The number of H-pyrrole nitrogens is 1. The van der Waals surface area contributed by atoms with Gasteiger partial charge in [-0.1, -0.05) is 0 Å². The first kappa shape index (κ1) is 20.7. The van der Waals surface area contributed by atoms with E-state index in [2.05, 4.69) is 20.7 Å². The number of aromatic nitrogens is 2. The van der Waals surface area contributed by atoms with E-state index >= 15 is 0 Å². The molecule has 3 rings (SSSR count). The highest BCUT2D eigenvalue weighted by Gasteiger charge is 2.13. The lowest BCUT2D eigenvalue weighted by molar-refractivity contribution is 0.0950. The van der Waals surface area contributed by atoms with Crippen molar-refractivity contribution >= 4 is 12.1 Å². The minimum Gasteiger partial charge on any atom is -0.497 e. The summed E-state index contributed by atoms with van der Waals surface area (Å²) < 4.78 is 21.0. The van der Waals surface area contributed by atoms with Gasteiger partial charge >= 0.3 is 0 Å². The third-order valence-electron chi connectivity index (χ3n) is 4.31. The van der Waals surface area contributed by atoms with Crippen LogP contribution in [0.3, 0.4) is 0 Å². The molecule has 0 radical (unpaired) electrons. The fraction of sp³-hybridized carbons (Fsp3) is 0.190. The largest absolute Gasteiger partial charge is 0.497 e. The lowest BCUT2D eigenvalue weighted by atomic mass is 10.1. The van der Waals surface area contributed by atoms with Crippen LogP contribution in [0.1, 0.15) is 16.1 Å². The Balaban J connectivity index is 1.71. The second-order valence-electron chi connectivity index (χ2n) is 6.04. The molecule has 1 aromatic heterocycles. The number of hydrogen-bond donors (Lipinski definition) is 2. The molecule has 2 N–H and O–H groups in total. The summed E-state index contributed by atoms with van der Waals surface area (Å²) in [4.78, 5) is 12.4. The van der Waals surface area contributed by atoms with Crippen molar-refractivity contribution in [2.24, 2.45) is 5.10 Å². The van der Waals surface area contributed by atoms with Crippen molar-refractivity contribution in [3.05, 3.63) is 53.7 Å². The van der Waals surface area contributed by atoms with E-state index in [1.54, 1.807) is 64.8 Å². The third kappa shape index (κ3) is 4.52. The normalized spacial score (nSPS) is 10.7. The van der Waals surface area contributed by atoms with Crippen LogP contribution in [-0.2, 0) is 0 Å². The van der Waals surface area contributed by atoms with Crippen LogP contribution in [0.5, 0.6) is 23.0 Å². The Morgan fingerprint density at radius 1 is 0.933 bits per heavy atom. The second kappa shape index (κ2) is 9.46. The molecule has 0 bridgehead atoms. The van der Waals surface area contributed by atoms with Crippen molar-refractivity contribution in [2.45, 2.75) is 0 Å². The molecule has 0 spiro atoms. The van der Waals surface area contributed by atoms with E-state index in [-0.39, 0.29) is 5.69 Å². The Labute approximate surface area is 173 Å². The van der Waals surface area contributed by atoms with Gasteiger partial charge in [-0.2, -0.15) is 10.2 Å². The molecule has 0 aliphatic heterocycles. The van der Waals surface area contributed by atoms with Gasteiger partial charge in [-0.3, -0.25) is 9.89 Å². The molecule has 0 atom stereocenters. The zero-order chi connectivity index (χ0) is 21.5. The van der Waals surface area contributed by atoms with Crippen LogP contribution >= 0.6 is 0 Å². The van der Waals surface area contributed by atoms with Crippen molar-refractivity contribution < 1.29 is 23.7 Å². The summed E-state index contributed by atoms with van der Waals surface area (Å²) in [6, 6.07) is 12.3. The van der Waals surface area contributed by atoms with Crippen molar-refractivity contribution in [2.75, 3.05) is 28.4 Å². The highest BCUT2D eigenvalue weighted by molar-refractivity contribution is 5.94. The zero-order valence-electron chi connectivity index (χ0n) is 17.1. The maximum atomic E-state index is 12.4. The second-order valence-corrected chi connectivity index (χ2v) is 6.04. The van der Waals surface area contributed by atoms with Crippen LogP contribution in [-0.4, -0.2) is 50.8 Å². The van der Waals surface area contributed by atoms with E-state index in [1.807, 2.05) is 6.07 Å². The Bertz CT molecular complexity index is 1060. The van der Waals surface area contributed by atoms with Crippen LogP contribution in [0.4, 0.5) is 0 Å². The Kier molecular flexibility index (Phi) is 6.53. The number of carbonyl (C=O) groups is 1. The van der Waals surface area contributed by atoms with E-state index in [0.29, 0.717) is 34.3 Å². The summed E-state index contributed by atoms with van der Waals surface area (Å²) >= 11 is 0. The summed E-state index contributed by atoms with van der Waals surface area (Å²) in [6.07, 6.45) is 1.49. The van der Waals surface area contributed by atoms with Gasteiger partial charge in [-0.25, -0.2) is 5.43 Å². The van der Waals surface area contributed by atoms with Crippen LogP contribution < -0.4 is 24.4 Å². The van der Waals surface area contributed by atoms with Gasteiger partial charge < -0.3 is 18.9 Å². The topological polar surface area (TPSA) is 107 Å². The van der Waals surface area contributed by atoms with Gasteiger partial charge in [0.1, 0.15) is 17.2 Å². The Morgan fingerprint density at radius 2 is 1.70 bits per heavy atom. The lowest BCUT2D eigenvalue weighted by Gasteiger charge is -2.08. The molecule has 156 valence electrons. The molecule has 2 aromatic carbocycles. The first-order chi connectivity index (χ1) is 14.6. The molecule has 0 aliphatic carbocycles.